The number of benzene rings is 1. The molecule has 21 heavy (non-hydrogen) atoms. The van der Waals surface area contributed by atoms with Gasteiger partial charge in [0, 0.05) is 18.7 Å². The van der Waals surface area contributed by atoms with Crippen LogP contribution in [0.4, 0.5) is 0 Å². The maximum atomic E-state index is 6.68. The summed E-state index contributed by atoms with van der Waals surface area (Å²) in [6.07, 6.45) is 6.33. The van der Waals surface area contributed by atoms with E-state index in [0.29, 0.717) is 5.92 Å². The van der Waals surface area contributed by atoms with E-state index in [2.05, 4.69) is 36.2 Å². The Morgan fingerprint density at radius 3 is 2.90 bits per heavy atom. The van der Waals surface area contributed by atoms with E-state index in [1.807, 2.05) is 12.3 Å². The van der Waals surface area contributed by atoms with E-state index in [-0.39, 0.29) is 11.6 Å². The molecule has 3 rings (SSSR count). The van der Waals surface area contributed by atoms with E-state index in [4.69, 9.17) is 10.5 Å². The summed E-state index contributed by atoms with van der Waals surface area (Å²) in [5.74, 6) is 0.660. The van der Waals surface area contributed by atoms with Gasteiger partial charge < -0.3 is 10.5 Å². The molecule has 1 aromatic heterocycles. The highest BCUT2D eigenvalue weighted by Gasteiger charge is 2.41. The lowest BCUT2D eigenvalue weighted by atomic mass is 9.73. The molecule has 1 fully saturated rings. The second kappa shape index (κ2) is 5.74. The second-order valence-electron chi connectivity index (χ2n) is 6.37. The lowest BCUT2D eigenvalue weighted by molar-refractivity contribution is -0.0715. The van der Waals surface area contributed by atoms with Gasteiger partial charge in [-0.15, -0.1) is 0 Å². The number of para-hydroxylation sites is 1. The van der Waals surface area contributed by atoms with E-state index < -0.39 is 0 Å². The number of fused-ring (bicyclic) bond motifs is 1. The average Bonchev–Trinajstić information content (AvgIpc) is 2.53. The minimum atomic E-state index is -0.260. The van der Waals surface area contributed by atoms with Crippen LogP contribution >= 0.6 is 0 Å². The summed E-state index contributed by atoms with van der Waals surface area (Å²) in [6, 6.07) is 10.2. The van der Waals surface area contributed by atoms with Crippen molar-refractivity contribution in [3.63, 3.8) is 0 Å². The van der Waals surface area contributed by atoms with Crippen molar-refractivity contribution in [3.8, 4) is 0 Å². The van der Waals surface area contributed by atoms with Gasteiger partial charge in [-0.1, -0.05) is 44.0 Å². The van der Waals surface area contributed by atoms with E-state index in [9.17, 15) is 0 Å². The molecule has 1 heterocycles. The molecule has 3 nitrogen and oxygen atoms in total. The minimum absolute atomic E-state index is 0.135. The van der Waals surface area contributed by atoms with Gasteiger partial charge in [0.05, 0.1) is 17.2 Å². The lowest BCUT2D eigenvalue weighted by Gasteiger charge is -2.43. The summed E-state index contributed by atoms with van der Waals surface area (Å²) in [4.78, 5) is 4.55. The molecule has 3 heteroatoms. The van der Waals surface area contributed by atoms with Crippen LogP contribution in [0, 0.1) is 5.92 Å². The summed E-state index contributed by atoms with van der Waals surface area (Å²) in [5.41, 5.74) is 8.52. The summed E-state index contributed by atoms with van der Waals surface area (Å²) in [5, 5.41) is 1.14. The molecule has 0 radical (unpaired) electrons. The highest BCUT2D eigenvalue weighted by atomic mass is 16.5. The molecule has 1 aliphatic rings. The number of hydrogen-bond acceptors (Lipinski definition) is 3. The van der Waals surface area contributed by atoms with Crippen LogP contribution in [0.3, 0.4) is 0 Å². The summed E-state index contributed by atoms with van der Waals surface area (Å²) >= 11 is 0. The largest absolute Gasteiger partial charge is 0.376 e. The molecule has 0 aliphatic heterocycles. The fourth-order valence-electron chi connectivity index (χ4n) is 3.80. The molecule has 1 aliphatic carbocycles. The highest BCUT2D eigenvalue weighted by Crippen LogP contribution is 2.43. The zero-order chi connectivity index (χ0) is 14.9. The molecule has 3 unspecified atom stereocenters. The van der Waals surface area contributed by atoms with Crippen molar-refractivity contribution in [1.29, 1.82) is 0 Å². The van der Waals surface area contributed by atoms with Crippen LogP contribution < -0.4 is 5.73 Å². The number of ether oxygens (including phenoxy) is 1. The molecule has 0 amide bonds. The summed E-state index contributed by atoms with van der Waals surface area (Å²) in [6.45, 7) is 2.29. The van der Waals surface area contributed by atoms with E-state index >= 15 is 0 Å². The first-order valence-electron chi connectivity index (χ1n) is 7.81. The van der Waals surface area contributed by atoms with Crippen molar-refractivity contribution >= 4 is 10.9 Å². The first kappa shape index (κ1) is 14.5. The zero-order valence-corrected chi connectivity index (χ0v) is 12.9. The van der Waals surface area contributed by atoms with Gasteiger partial charge in [0.1, 0.15) is 0 Å². The first-order chi connectivity index (χ1) is 10.2. The van der Waals surface area contributed by atoms with E-state index in [0.717, 1.165) is 29.3 Å². The monoisotopic (exact) mass is 284 g/mol. The van der Waals surface area contributed by atoms with Crippen molar-refractivity contribution in [1.82, 2.24) is 4.98 Å². The van der Waals surface area contributed by atoms with Crippen LogP contribution in [0.1, 0.15) is 44.2 Å². The Labute approximate surface area is 126 Å². The molecule has 0 bridgehead atoms. The topological polar surface area (TPSA) is 48.1 Å². The fraction of sp³-hybridized carbons (Fsp3) is 0.500. The average molecular weight is 284 g/mol. The van der Waals surface area contributed by atoms with Crippen LogP contribution in [0.5, 0.6) is 0 Å². The van der Waals surface area contributed by atoms with Crippen LogP contribution in [0.2, 0.25) is 0 Å². The van der Waals surface area contributed by atoms with Gasteiger partial charge in [-0.05, 0) is 30.4 Å². The lowest BCUT2D eigenvalue weighted by Crippen LogP contribution is -2.46. The maximum absolute atomic E-state index is 6.68. The number of nitrogens with zero attached hydrogens (tertiary/aromatic N) is 1. The Balaban J connectivity index is 2.04. The zero-order valence-electron chi connectivity index (χ0n) is 12.9. The number of rotatable bonds is 3. The van der Waals surface area contributed by atoms with Crippen molar-refractivity contribution in [3.05, 3.63) is 42.1 Å². The molecular formula is C18H24N2O. The van der Waals surface area contributed by atoms with Gasteiger partial charge in [0.25, 0.3) is 0 Å². The summed E-state index contributed by atoms with van der Waals surface area (Å²) in [7, 11) is 1.80. The van der Waals surface area contributed by atoms with Crippen LogP contribution in [0.15, 0.2) is 36.5 Å². The Morgan fingerprint density at radius 2 is 2.14 bits per heavy atom. The number of methoxy groups -OCH3 is 1. The first-order valence-corrected chi connectivity index (χ1v) is 7.81. The molecule has 2 aromatic rings. The smallest absolute Gasteiger partial charge is 0.0873 e. The number of aromatic nitrogens is 1. The Kier molecular flexibility index (Phi) is 3.96. The van der Waals surface area contributed by atoms with Gasteiger partial charge in [-0.2, -0.15) is 0 Å². The number of pyridine rings is 1. The SMILES string of the molecule is COC1(C(N)c2cccc3cccnc23)CCCC(C)C1. The second-order valence-corrected chi connectivity index (χ2v) is 6.37. The Morgan fingerprint density at radius 1 is 1.33 bits per heavy atom. The van der Waals surface area contributed by atoms with Crippen LogP contribution in [0.25, 0.3) is 10.9 Å². The van der Waals surface area contributed by atoms with Crippen molar-refractivity contribution in [2.75, 3.05) is 7.11 Å². The van der Waals surface area contributed by atoms with Gasteiger partial charge in [0.2, 0.25) is 0 Å². The van der Waals surface area contributed by atoms with Gasteiger partial charge in [0.15, 0.2) is 0 Å². The highest BCUT2D eigenvalue weighted by molar-refractivity contribution is 5.82. The third-order valence-corrected chi connectivity index (χ3v) is 4.96. The molecule has 2 N–H and O–H groups in total. The van der Waals surface area contributed by atoms with Gasteiger partial charge in [-0.3, -0.25) is 4.98 Å². The molecule has 112 valence electrons. The quantitative estimate of drug-likeness (QED) is 0.931. The molecule has 1 saturated carbocycles. The van der Waals surface area contributed by atoms with E-state index in [1.165, 1.54) is 12.8 Å². The number of hydrogen-bond donors (Lipinski definition) is 1. The predicted molar refractivity (Wildman–Crippen MR) is 86.0 cm³/mol. The van der Waals surface area contributed by atoms with Crippen molar-refractivity contribution < 1.29 is 4.74 Å². The third-order valence-electron chi connectivity index (χ3n) is 4.96. The number of nitrogens with two attached hydrogens (primary N) is 1. The van der Waals surface area contributed by atoms with Gasteiger partial charge in [-0.25, -0.2) is 0 Å². The van der Waals surface area contributed by atoms with Gasteiger partial charge >= 0.3 is 0 Å². The van der Waals surface area contributed by atoms with Crippen molar-refractivity contribution in [2.45, 2.75) is 44.2 Å². The van der Waals surface area contributed by atoms with Crippen molar-refractivity contribution in [2.24, 2.45) is 11.7 Å². The standard InChI is InChI=1S/C18H24N2O/c1-13-6-4-10-18(12-13,21-2)17(19)15-9-3-7-14-8-5-11-20-16(14)15/h3,5,7-9,11,13,17H,4,6,10,12,19H2,1-2H3. The molecular weight excluding hydrogens is 260 g/mol. The molecule has 0 spiro atoms. The van der Waals surface area contributed by atoms with E-state index in [1.54, 1.807) is 7.11 Å². The third kappa shape index (κ3) is 2.56. The molecule has 1 aromatic carbocycles. The summed E-state index contributed by atoms with van der Waals surface area (Å²) < 4.78 is 5.96. The predicted octanol–water partition coefficient (Wildman–Crippen LogP) is 3.83. The van der Waals surface area contributed by atoms with Crippen LogP contribution in [-0.2, 0) is 4.74 Å². The fourth-order valence-corrected chi connectivity index (χ4v) is 3.80. The minimum Gasteiger partial charge on any atom is -0.376 e. The molecule has 3 atom stereocenters. The normalized spacial score (nSPS) is 27.7. The molecule has 0 saturated heterocycles. The Hall–Kier alpha value is -1.45. The Bertz CT molecular complexity index is 622. The maximum Gasteiger partial charge on any atom is 0.0873 e. The van der Waals surface area contributed by atoms with Crippen LogP contribution in [-0.4, -0.2) is 17.7 Å².